The van der Waals surface area contributed by atoms with Crippen molar-refractivity contribution in [3.05, 3.63) is 46.8 Å². The molecule has 0 N–H and O–H groups in total. The first-order chi connectivity index (χ1) is 14.5. The minimum absolute atomic E-state index is 0.0184. The fourth-order valence-corrected chi connectivity index (χ4v) is 5.75. The molecule has 0 spiro atoms. The van der Waals surface area contributed by atoms with Gasteiger partial charge in [-0.3, -0.25) is 4.79 Å². The van der Waals surface area contributed by atoms with Crippen LogP contribution < -0.4 is 4.74 Å². The van der Waals surface area contributed by atoms with E-state index in [1.54, 1.807) is 30.8 Å². The van der Waals surface area contributed by atoms with Crippen molar-refractivity contribution in [2.24, 2.45) is 0 Å². The molecule has 0 saturated heterocycles. The summed E-state index contributed by atoms with van der Waals surface area (Å²) in [6.07, 6.45) is 7.40. The van der Waals surface area contributed by atoms with Gasteiger partial charge in [-0.25, -0.2) is 0 Å². The molecule has 3 rings (SSSR count). The zero-order valence-electron chi connectivity index (χ0n) is 17.5. The van der Waals surface area contributed by atoms with Gasteiger partial charge < -0.3 is 9.47 Å². The molecule has 1 aliphatic rings. The number of rotatable bonds is 6. The summed E-state index contributed by atoms with van der Waals surface area (Å²) >= 11 is 5.35. The number of benzene rings is 1. The monoisotopic (exact) mass is 460 g/mol. The van der Waals surface area contributed by atoms with Gasteiger partial charge in [-0.15, -0.1) is 40.4 Å². The van der Waals surface area contributed by atoms with E-state index in [9.17, 15) is 4.79 Å². The molecule has 1 aliphatic heterocycles. The number of carbonyl (C=O) groups is 1. The molecule has 0 radical (unpaired) electrons. The van der Waals surface area contributed by atoms with E-state index in [2.05, 4.69) is 46.7 Å². The number of ether oxygens (including phenoxy) is 2. The molecule has 0 bridgehead atoms. The molecular formula is C22H24N2O3S3. The van der Waals surface area contributed by atoms with Crippen molar-refractivity contribution >= 4 is 41.3 Å². The standard InChI is InChI=1S/C22H24N2O3S3/c1-5-26-21(25)13-17-9-8-16(23-24-17)7-6-15-12-18-19(14-20(15)28-2)27-11-10-22(18,29-3)30-4/h8-9,12,14H,5,10-11,13H2,1-4H3. The van der Waals surface area contributed by atoms with Gasteiger partial charge in [-0.2, -0.15) is 5.10 Å². The predicted molar refractivity (Wildman–Crippen MR) is 125 cm³/mol. The van der Waals surface area contributed by atoms with Gasteiger partial charge >= 0.3 is 5.97 Å². The molecule has 0 fully saturated rings. The lowest BCUT2D eigenvalue weighted by Crippen LogP contribution is -2.26. The summed E-state index contributed by atoms with van der Waals surface area (Å²) in [5.74, 6) is 7.00. The summed E-state index contributed by atoms with van der Waals surface area (Å²) in [6.45, 7) is 2.86. The molecule has 0 saturated carbocycles. The number of aromatic nitrogens is 2. The summed E-state index contributed by atoms with van der Waals surface area (Å²) in [6, 6.07) is 7.79. The van der Waals surface area contributed by atoms with Gasteiger partial charge in [0.2, 0.25) is 0 Å². The number of thioether (sulfide) groups is 3. The molecule has 1 aromatic carbocycles. The van der Waals surface area contributed by atoms with Crippen LogP contribution in [0, 0.1) is 11.8 Å². The first-order valence-corrected chi connectivity index (χ1v) is 13.2. The maximum absolute atomic E-state index is 11.6. The molecule has 30 heavy (non-hydrogen) atoms. The first kappa shape index (κ1) is 22.9. The molecule has 8 heteroatoms. The smallest absolute Gasteiger partial charge is 0.311 e. The van der Waals surface area contributed by atoms with Crippen LogP contribution in [0.25, 0.3) is 0 Å². The van der Waals surface area contributed by atoms with Crippen LogP contribution in [0.3, 0.4) is 0 Å². The Morgan fingerprint density at radius 1 is 1.20 bits per heavy atom. The Labute approximate surface area is 190 Å². The first-order valence-electron chi connectivity index (χ1n) is 9.51. The van der Waals surface area contributed by atoms with E-state index in [0.29, 0.717) is 18.0 Å². The van der Waals surface area contributed by atoms with Crippen LogP contribution in [0.2, 0.25) is 0 Å². The van der Waals surface area contributed by atoms with Gasteiger partial charge in [-0.1, -0.05) is 5.92 Å². The number of nitrogens with zero attached hydrogens (tertiary/aromatic N) is 2. The maximum Gasteiger partial charge on any atom is 0.311 e. The van der Waals surface area contributed by atoms with Crippen molar-refractivity contribution in [3.63, 3.8) is 0 Å². The molecule has 2 heterocycles. The Balaban J connectivity index is 1.89. The van der Waals surface area contributed by atoms with Crippen molar-refractivity contribution < 1.29 is 14.3 Å². The van der Waals surface area contributed by atoms with E-state index in [0.717, 1.165) is 29.2 Å². The van der Waals surface area contributed by atoms with Crippen LogP contribution >= 0.6 is 35.3 Å². The van der Waals surface area contributed by atoms with E-state index in [4.69, 9.17) is 9.47 Å². The van der Waals surface area contributed by atoms with E-state index in [1.807, 2.05) is 29.8 Å². The second-order valence-electron chi connectivity index (χ2n) is 6.45. The van der Waals surface area contributed by atoms with E-state index in [-0.39, 0.29) is 16.5 Å². The van der Waals surface area contributed by atoms with Gasteiger partial charge in [0.1, 0.15) is 11.4 Å². The van der Waals surface area contributed by atoms with Crippen molar-refractivity contribution in [1.29, 1.82) is 0 Å². The minimum Gasteiger partial charge on any atom is -0.493 e. The van der Waals surface area contributed by atoms with E-state index >= 15 is 0 Å². The maximum atomic E-state index is 11.6. The Morgan fingerprint density at radius 3 is 2.63 bits per heavy atom. The van der Waals surface area contributed by atoms with Crippen molar-refractivity contribution in [2.75, 3.05) is 32.0 Å². The van der Waals surface area contributed by atoms with Crippen LogP contribution in [-0.2, 0) is 20.0 Å². The third-order valence-electron chi connectivity index (χ3n) is 4.74. The third-order valence-corrected chi connectivity index (χ3v) is 8.68. The van der Waals surface area contributed by atoms with Crippen LogP contribution in [-0.4, -0.2) is 48.1 Å². The molecule has 5 nitrogen and oxygen atoms in total. The van der Waals surface area contributed by atoms with Gasteiger partial charge in [0.05, 0.1) is 29.4 Å². The third kappa shape index (κ3) is 5.08. The van der Waals surface area contributed by atoms with E-state index < -0.39 is 0 Å². The van der Waals surface area contributed by atoms with Crippen molar-refractivity contribution in [1.82, 2.24) is 10.2 Å². The molecule has 2 aromatic rings. The van der Waals surface area contributed by atoms with Crippen molar-refractivity contribution in [3.8, 4) is 17.6 Å². The van der Waals surface area contributed by atoms with Gasteiger partial charge in [0.25, 0.3) is 0 Å². The average Bonchev–Trinajstić information content (AvgIpc) is 2.77. The average molecular weight is 461 g/mol. The summed E-state index contributed by atoms with van der Waals surface area (Å²) in [5, 5.41) is 8.23. The zero-order valence-corrected chi connectivity index (χ0v) is 19.9. The SMILES string of the molecule is CCOC(=O)Cc1ccc(C#Cc2cc3c(cc2SC)OCCC3(SC)SC)nn1. The lowest BCUT2D eigenvalue weighted by atomic mass is 10.0. The number of hydrogen-bond donors (Lipinski definition) is 0. The van der Waals surface area contributed by atoms with Gasteiger partial charge in [0, 0.05) is 22.4 Å². The molecular weight excluding hydrogens is 436 g/mol. The lowest BCUT2D eigenvalue weighted by molar-refractivity contribution is -0.142. The van der Waals surface area contributed by atoms with Crippen LogP contribution in [0.1, 0.15) is 35.9 Å². The Bertz CT molecular complexity index is 964. The quantitative estimate of drug-likeness (QED) is 0.273. The van der Waals surface area contributed by atoms with Gasteiger partial charge in [-0.05, 0) is 55.9 Å². The molecule has 0 unspecified atom stereocenters. The zero-order chi connectivity index (χ0) is 21.6. The van der Waals surface area contributed by atoms with Crippen LogP contribution in [0.5, 0.6) is 5.75 Å². The molecule has 1 aromatic heterocycles. The fraction of sp³-hybridized carbons (Fsp3) is 0.409. The largest absolute Gasteiger partial charge is 0.493 e. The highest BCUT2D eigenvalue weighted by molar-refractivity contribution is 8.16. The Morgan fingerprint density at radius 2 is 2.00 bits per heavy atom. The number of esters is 1. The predicted octanol–water partition coefficient (Wildman–Crippen LogP) is 4.37. The highest BCUT2D eigenvalue weighted by Gasteiger charge is 2.37. The summed E-state index contributed by atoms with van der Waals surface area (Å²) in [7, 11) is 0. The second-order valence-corrected chi connectivity index (χ2v) is 9.77. The highest BCUT2D eigenvalue weighted by Crippen LogP contribution is 2.53. The van der Waals surface area contributed by atoms with Crippen LogP contribution in [0.4, 0.5) is 0 Å². The van der Waals surface area contributed by atoms with Gasteiger partial charge in [0.15, 0.2) is 0 Å². The molecule has 0 atom stereocenters. The number of carbonyl (C=O) groups excluding carboxylic acids is 1. The molecule has 0 aliphatic carbocycles. The van der Waals surface area contributed by atoms with Crippen LogP contribution in [0.15, 0.2) is 29.2 Å². The lowest BCUT2D eigenvalue weighted by Gasteiger charge is -2.36. The highest BCUT2D eigenvalue weighted by atomic mass is 32.2. The number of fused-ring (bicyclic) bond motifs is 1. The molecule has 158 valence electrons. The Hall–Kier alpha value is -1.82. The van der Waals surface area contributed by atoms with Crippen molar-refractivity contribution in [2.45, 2.75) is 28.7 Å². The minimum atomic E-state index is -0.308. The summed E-state index contributed by atoms with van der Waals surface area (Å²) in [5.41, 5.74) is 3.27. The molecule has 0 amide bonds. The van der Waals surface area contributed by atoms with E-state index in [1.165, 1.54) is 5.56 Å². The number of hydrogen-bond acceptors (Lipinski definition) is 8. The summed E-state index contributed by atoms with van der Waals surface area (Å²) in [4.78, 5) is 12.6. The normalized spacial score (nSPS) is 14.1. The topological polar surface area (TPSA) is 61.3 Å². The Kier molecular flexibility index (Phi) is 7.98. The summed E-state index contributed by atoms with van der Waals surface area (Å²) < 4.78 is 10.9. The fourth-order valence-electron chi connectivity index (χ4n) is 3.19. The second kappa shape index (κ2) is 10.5.